The number of aryl methyl sites for hydroxylation is 2. The molecule has 3 nitrogen and oxygen atoms in total. The van der Waals surface area contributed by atoms with E-state index in [4.69, 9.17) is 12.2 Å². The van der Waals surface area contributed by atoms with E-state index < -0.39 is 5.95 Å². The smallest absolute Gasteiger partial charge is 0.221 e. The first-order valence-corrected chi connectivity index (χ1v) is 8.27. The number of nitrogens with one attached hydrogen (secondary N) is 1. The number of rotatable bonds is 2. The predicted molar refractivity (Wildman–Crippen MR) is 95.7 cm³/mol. The Morgan fingerprint density at radius 2 is 2.13 bits per heavy atom. The fraction of sp³-hybridized carbons (Fsp3) is 0.444. The Balaban J connectivity index is 1.99. The van der Waals surface area contributed by atoms with E-state index in [-0.39, 0.29) is 5.41 Å². The van der Waals surface area contributed by atoms with Gasteiger partial charge in [0.1, 0.15) is 4.99 Å². The first kappa shape index (κ1) is 16.1. The minimum atomic E-state index is -0.402. The van der Waals surface area contributed by atoms with Gasteiger partial charge in [-0.15, -0.1) is 0 Å². The highest BCUT2D eigenvalue weighted by atomic mass is 32.1. The topological polar surface area (TPSA) is 29.9 Å². The van der Waals surface area contributed by atoms with Crippen LogP contribution in [0.4, 0.5) is 10.1 Å². The number of benzene rings is 1. The molecule has 2 aromatic rings. The van der Waals surface area contributed by atoms with E-state index in [1.54, 1.807) is 14.0 Å². The molecule has 1 aliphatic rings. The van der Waals surface area contributed by atoms with Crippen LogP contribution in [0.2, 0.25) is 0 Å². The Morgan fingerprint density at radius 1 is 1.43 bits per heavy atom. The third-order valence-corrected chi connectivity index (χ3v) is 5.08. The summed E-state index contributed by atoms with van der Waals surface area (Å²) >= 11 is 5.45. The predicted octanol–water partition coefficient (Wildman–Crippen LogP) is 4.44. The average molecular weight is 331 g/mol. The van der Waals surface area contributed by atoms with Gasteiger partial charge in [-0.25, -0.2) is 4.68 Å². The van der Waals surface area contributed by atoms with Gasteiger partial charge >= 0.3 is 0 Å². The van der Waals surface area contributed by atoms with Crippen molar-refractivity contribution in [3.63, 3.8) is 0 Å². The van der Waals surface area contributed by atoms with Crippen LogP contribution in [-0.2, 0) is 12.5 Å². The summed E-state index contributed by atoms with van der Waals surface area (Å²) in [5.41, 5.74) is 4.76. The summed E-state index contributed by atoms with van der Waals surface area (Å²) in [7, 11) is 1.58. The van der Waals surface area contributed by atoms with Crippen molar-refractivity contribution >= 4 is 22.9 Å². The van der Waals surface area contributed by atoms with Gasteiger partial charge in [-0.05, 0) is 41.9 Å². The van der Waals surface area contributed by atoms with Gasteiger partial charge in [0.05, 0.1) is 11.3 Å². The number of aromatic nitrogens is 2. The molecule has 1 aromatic heterocycles. The normalized spacial score (nSPS) is 18.8. The molecule has 0 amide bonds. The number of halogens is 1. The van der Waals surface area contributed by atoms with Crippen molar-refractivity contribution in [2.24, 2.45) is 7.05 Å². The number of hydrogen-bond donors (Lipinski definition) is 1. The second-order valence-electron chi connectivity index (χ2n) is 7.08. The van der Waals surface area contributed by atoms with Gasteiger partial charge in [0.25, 0.3) is 0 Å². The molecule has 0 fully saturated rings. The number of fused-ring (bicyclic) bond motifs is 1. The highest BCUT2D eigenvalue weighted by Gasteiger charge is 2.36. The number of nitrogens with zero attached hydrogens (tertiary/aromatic N) is 2. The molecule has 0 aliphatic heterocycles. The summed E-state index contributed by atoms with van der Waals surface area (Å²) in [6, 6.07) is 6.24. The lowest BCUT2D eigenvalue weighted by molar-refractivity contribution is 0.489. The Hall–Kier alpha value is -1.75. The van der Waals surface area contributed by atoms with E-state index in [1.807, 2.05) is 12.1 Å². The molecule has 0 spiro atoms. The molecule has 1 unspecified atom stereocenters. The monoisotopic (exact) mass is 331 g/mol. The van der Waals surface area contributed by atoms with Gasteiger partial charge in [-0.2, -0.15) is 9.49 Å². The van der Waals surface area contributed by atoms with Gasteiger partial charge < -0.3 is 5.32 Å². The van der Waals surface area contributed by atoms with Gasteiger partial charge in [0, 0.05) is 12.7 Å². The maximum absolute atomic E-state index is 14.2. The molecule has 0 saturated heterocycles. The lowest BCUT2D eigenvalue weighted by Gasteiger charge is -2.19. The van der Waals surface area contributed by atoms with Crippen LogP contribution < -0.4 is 5.32 Å². The van der Waals surface area contributed by atoms with Gasteiger partial charge in [0.2, 0.25) is 5.95 Å². The standard InChI is InChI=1S/C18H22FN3S/c1-10-9-18(3,4)12-7-6-8-13(14(10)12)20-17(23)15-11(2)21-22(5)16(15)19/h6-8,10H,9H2,1-5H3,(H,20,23). The van der Waals surface area contributed by atoms with Gasteiger partial charge in [-0.3, -0.25) is 0 Å². The van der Waals surface area contributed by atoms with E-state index in [0.717, 1.165) is 12.1 Å². The lowest BCUT2D eigenvalue weighted by atomic mass is 9.86. The van der Waals surface area contributed by atoms with Crippen LogP contribution in [0.3, 0.4) is 0 Å². The third-order valence-electron chi connectivity index (χ3n) is 4.77. The van der Waals surface area contributed by atoms with Crippen molar-refractivity contribution in [1.82, 2.24) is 9.78 Å². The SMILES string of the molecule is Cc1nn(C)c(F)c1C(=S)Nc1cccc2c1C(C)CC2(C)C. The summed E-state index contributed by atoms with van der Waals surface area (Å²) in [5, 5.41) is 7.36. The summed E-state index contributed by atoms with van der Waals surface area (Å²) in [5.74, 6) is 0.0484. The Bertz CT molecular complexity index is 792. The molecule has 0 bridgehead atoms. The minimum Gasteiger partial charge on any atom is -0.346 e. The Labute approximate surface area is 141 Å². The average Bonchev–Trinajstić information content (AvgIpc) is 2.84. The minimum absolute atomic E-state index is 0.156. The maximum atomic E-state index is 14.2. The van der Waals surface area contributed by atoms with Crippen LogP contribution in [0.15, 0.2) is 18.2 Å². The van der Waals surface area contributed by atoms with Crippen LogP contribution >= 0.6 is 12.2 Å². The molecule has 1 aromatic carbocycles. The van der Waals surface area contributed by atoms with Crippen molar-refractivity contribution in [2.75, 3.05) is 5.32 Å². The molecule has 3 rings (SSSR count). The molecule has 0 saturated carbocycles. The van der Waals surface area contributed by atoms with Crippen LogP contribution in [0, 0.1) is 12.9 Å². The van der Waals surface area contributed by atoms with E-state index in [2.05, 4.69) is 37.3 Å². The van der Waals surface area contributed by atoms with Gasteiger partial charge in [0.15, 0.2) is 0 Å². The van der Waals surface area contributed by atoms with E-state index >= 15 is 0 Å². The first-order chi connectivity index (χ1) is 10.7. The zero-order valence-electron chi connectivity index (χ0n) is 14.2. The van der Waals surface area contributed by atoms with E-state index in [0.29, 0.717) is 22.2 Å². The van der Waals surface area contributed by atoms with E-state index in [1.165, 1.54) is 15.8 Å². The molecular formula is C18H22FN3S. The van der Waals surface area contributed by atoms with Crippen molar-refractivity contribution in [1.29, 1.82) is 0 Å². The molecule has 1 aliphatic carbocycles. The highest BCUT2D eigenvalue weighted by Crippen LogP contribution is 2.48. The maximum Gasteiger partial charge on any atom is 0.221 e. The molecule has 1 N–H and O–H groups in total. The molecule has 23 heavy (non-hydrogen) atoms. The van der Waals surface area contributed by atoms with Crippen molar-refractivity contribution in [2.45, 2.75) is 45.4 Å². The third kappa shape index (κ3) is 2.57. The quantitative estimate of drug-likeness (QED) is 0.825. The molecule has 1 atom stereocenters. The van der Waals surface area contributed by atoms with E-state index in [9.17, 15) is 4.39 Å². The zero-order chi connectivity index (χ0) is 16.9. The number of thiocarbonyl (C=S) groups is 1. The largest absolute Gasteiger partial charge is 0.346 e. The summed E-state index contributed by atoms with van der Waals surface area (Å²) in [4.78, 5) is 0.387. The molecule has 122 valence electrons. The molecule has 0 radical (unpaired) electrons. The fourth-order valence-corrected chi connectivity index (χ4v) is 4.19. The fourth-order valence-electron chi connectivity index (χ4n) is 3.85. The van der Waals surface area contributed by atoms with Crippen molar-refractivity contribution in [3.05, 3.63) is 46.5 Å². The highest BCUT2D eigenvalue weighted by molar-refractivity contribution is 7.81. The van der Waals surface area contributed by atoms with Crippen LogP contribution in [0.1, 0.15) is 55.5 Å². The lowest BCUT2D eigenvalue weighted by Crippen LogP contribution is -2.15. The second kappa shape index (κ2) is 5.41. The van der Waals surface area contributed by atoms with Crippen LogP contribution in [0.5, 0.6) is 0 Å². The molecule has 1 heterocycles. The first-order valence-electron chi connectivity index (χ1n) is 7.86. The van der Waals surface area contributed by atoms with Crippen LogP contribution in [-0.4, -0.2) is 14.8 Å². The summed E-state index contributed by atoms with van der Waals surface area (Å²) in [6.45, 7) is 8.54. The molecule has 5 heteroatoms. The number of anilines is 1. The zero-order valence-corrected chi connectivity index (χ0v) is 15.0. The molecular weight excluding hydrogens is 309 g/mol. The van der Waals surface area contributed by atoms with Crippen LogP contribution in [0.25, 0.3) is 0 Å². The second-order valence-corrected chi connectivity index (χ2v) is 7.49. The number of hydrogen-bond acceptors (Lipinski definition) is 2. The summed E-state index contributed by atoms with van der Waals surface area (Å²) < 4.78 is 15.4. The summed E-state index contributed by atoms with van der Waals surface area (Å²) in [6.07, 6.45) is 1.11. The van der Waals surface area contributed by atoms with Crippen molar-refractivity contribution < 1.29 is 4.39 Å². The Morgan fingerprint density at radius 3 is 2.74 bits per heavy atom. The van der Waals surface area contributed by atoms with Gasteiger partial charge in [-0.1, -0.05) is 45.1 Å². The Kier molecular flexibility index (Phi) is 3.79. The van der Waals surface area contributed by atoms with Crippen molar-refractivity contribution in [3.8, 4) is 0 Å².